The minimum absolute atomic E-state index is 0.286. The van der Waals surface area contributed by atoms with Crippen LogP contribution in [0.1, 0.15) is 31.4 Å². The molecule has 5 nitrogen and oxygen atoms in total. The third-order valence-corrected chi connectivity index (χ3v) is 4.65. The highest BCUT2D eigenvalue weighted by Crippen LogP contribution is 2.46. The van der Waals surface area contributed by atoms with Gasteiger partial charge in [-0.3, -0.25) is 9.79 Å². The number of hydrogen-bond acceptors (Lipinski definition) is 3. The summed E-state index contributed by atoms with van der Waals surface area (Å²) in [6.45, 7) is 0. The summed E-state index contributed by atoms with van der Waals surface area (Å²) in [6, 6.07) is 4.04. The Morgan fingerprint density at radius 2 is 2.35 bits per heavy atom. The second-order valence-electron chi connectivity index (χ2n) is 5.89. The normalized spacial score (nSPS) is 30.4. The summed E-state index contributed by atoms with van der Waals surface area (Å²) in [7, 11) is 0. The number of hydrogen-bond donors (Lipinski definition) is 3. The smallest absolute Gasteiger partial charge is 0.232 e. The first-order chi connectivity index (χ1) is 9.69. The maximum Gasteiger partial charge on any atom is 0.232 e. The molecule has 1 heterocycles. The summed E-state index contributed by atoms with van der Waals surface area (Å²) in [4.78, 5) is 19.5. The fourth-order valence-electron chi connectivity index (χ4n) is 3.65. The highest BCUT2D eigenvalue weighted by atomic mass is 16.1. The van der Waals surface area contributed by atoms with Crippen LogP contribution in [0.4, 0.5) is 0 Å². The molecule has 4 unspecified atom stereocenters. The van der Waals surface area contributed by atoms with E-state index < -0.39 is 11.8 Å². The van der Waals surface area contributed by atoms with E-state index in [0.29, 0.717) is 11.6 Å². The first-order valence-electron chi connectivity index (χ1n) is 7.20. The minimum atomic E-state index is -0.743. The maximum atomic E-state index is 11.6. The minimum Gasteiger partial charge on any atom is -0.369 e. The number of nitrogens with two attached hydrogens (primary N) is 1. The Morgan fingerprint density at radius 3 is 2.85 bits per heavy atom. The molecular weight excluding hydrogens is 252 g/mol. The van der Waals surface area contributed by atoms with Gasteiger partial charge < -0.3 is 16.1 Å². The summed E-state index contributed by atoms with van der Waals surface area (Å²) in [5.74, 6) is 0.180. The lowest BCUT2D eigenvalue weighted by atomic mass is 9.94. The van der Waals surface area contributed by atoms with Gasteiger partial charge in [0.05, 0.1) is 17.4 Å². The molecule has 2 fully saturated rings. The average molecular weight is 272 g/mol. The van der Waals surface area contributed by atoms with Gasteiger partial charge in [0.15, 0.2) is 0 Å². The molecule has 1 aromatic rings. The molecule has 0 radical (unpaired) electrons. The zero-order chi connectivity index (χ0) is 14.1. The van der Waals surface area contributed by atoms with Crippen LogP contribution in [0.15, 0.2) is 23.3 Å². The molecule has 4 atom stereocenters. The number of nitrogens with zero attached hydrogens (tertiary/aromatic N) is 1. The second-order valence-corrected chi connectivity index (χ2v) is 5.89. The number of nitrogens with one attached hydrogen (secondary N) is 2. The average Bonchev–Trinajstić information content (AvgIpc) is 3.15. The van der Waals surface area contributed by atoms with Gasteiger partial charge in [-0.25, -0.2) is 0 Å². The molecule has 2 bridgehead atoms. The van der Waals surface area contributed by atoms with Crippen molar-refractivity contribution in [3.05, 3.63) is 24.0 Å². The Bertz CT molecular complexity index is 534. The van der Waals surface area contributed by atoms with Crippen molar-refractivity contribution in [2.45, 2.75) is 31.7 Å². The fraction of sp³-hybridized carbons (Fsp3) is 0.533. The Hall–Kier alpha value is -1.91. The zero-order valence-corrected chi connectivity index (χ0v) is 11.4. The van der Waals surface area contributed by atoms with Crippen molar-refractivity contribution < 1.29 is 4.79 Å². The van der Waals surface area contributed by atoms with Crippen molar-refractivity contribution in [3.8, 4) is 0 Å². The molecule has 1 amide bonds. The van der Waals surface area contributed by atoms with Crippen LogP contribution in [0, 0.1) is 23.2 Å². The standard InChI is InChI=1S/C15H20N4O/c16-8-11(15(17)20)14(12-2-1-5-18-12)19-13-7-9-3-4-10(13)6-9/h1-2,5,8-11,13,16,18H,3-4,6-7H2,(H2,17,20). The Kier molecular flexibility index (Phi) is 3.42. The molecule has 0 saturated heterocycles. The SMILES string of the molecule is N=CC(C(N)=O)C(=NC1CC2CCC1C2)c1ccc[nH]1. The van der Waals surface area contributed by atoms with Crippen LogP contribution >= 0.6 is 0 Å². The second kappa shape index (κ2) is 5.23. The number of aliphatic imine (C=N–C) groups is 1. The molecule has 2 aliphatic carbocycles. The Labute approximate surface area is 118 Å². The molecule has 0 spiro atoms. The van der Waals surface area contributed by atoms with E-state index in [1.165, 1.54) is 19.3 Å². The van der Waals surface area contributed by atoms with Gasteiger partial charge in [-0.1, -0.05) is 6.42 Å². The predicted octanol–water partition coefficient (Wildman–Crippen LogP) is 1.74. The summed E-state index contributed by atoms with van der Waals surface area (Å²) >= 11 is 0. The van der Waals surface area contributed by atoms with Gasteiger partial charge in [0, 0.05) is 12.4 Å². The molecular formula is C15H20N4O. The van der Waals surface area contributed by atoms with Crippen LogP contribution in [0.3, 0.4) is 0 Å². The molecule has 0 aromatic carbocycles. The van der Waals surface area contributed by atoms with E-state index in [9.17, 15) is 4.79 Å². The lowest BCUT2D eigenvalue weighted by Crippen LogP contribution is -2.33. The van der Waals surface area contributed by atoms with E-state index in [1.54, 1.807) is 6.20 Å². The van der Waals surface area contributed by atoms with Crippen LogP contribution in [-0.4, -0.2) is 28.9 Å². The van der Waals surface area contributed by atoms with E-state index in [-0.39, 0.29) is 6.04 Å². The topological polar surface area (TPSA) is 95.1 Å². The molecule has 2 aliphatic rings. The molecule has 5 heteroatoms. The van der Waals surface area contributed by atoms with Crippen LogP contribution < -0.4 is 5.73 Å². The third kappa shape index (κ3) is 2.28. The van der Waals surface area contributed by atoms with Gasteiger partial charge in [-0.2, -0.15) is 0 Å². The van der Waals surface area contributed by atoms with Crippen LogP contribution in [0.5, 0.6) is 0 Å². The predicted molar refractivity (Wildman–Crippen MR) is 78.0 cm³/mol. The number of H-pyrrole nitrogens is 1. The van der Waals surface area contributed by atoms with Crippen molar-refractivity contribution in [1.82, 2.24) is 4.98 Å². The molecule has 2 saturated carbocycles. The summed E-state index contributed by atoms with van der Waals surface area (Å²) < 4.78 is 0. The van der Waals surface area contributed by atoms with Gasteiger partial charge in [0.25, 0.3) is 0 Å². The molecule has 3 rings (SSSR count). The molecule has 4 N–H and O–H groups in total. The number of carbonyl (C=O) groups excluding carboxylic acids is 1. The van der Waals surface area contributed by atoms with Crippen LogP contribution in [-0.2, 0) is 4.79 Å². The van der Waals surface area contributed by atoms with Gasteiger partial charge >= 0.3 is 0 Å². The van der Waals surface area contributed by atoms with E-state index in [4.69, 9.17) is 16.1 Å². The first-order valence-corrected chi connectivity index (χ1v) is 7.20. The van der Waals surface area contributed by atoms with Crippen molar-refractivity contribution in [2.24, 2.45) is 28.5 Å². The Morgan fingerprint density at radius 1 is 1.50 bits per heavy atom. The lowest BCUT2D eigenvalue weighted by molar-refractivity contribution is -0.118. The van der Waals surface area contributed by atoms with E-state index in [1.807, 2.05) is 12.1 Å². The number of aromatic amines is 1. The van der Waals surface area contributed by atoms with Gasteiger partial charge in [-0.05, 0) is 43.2 Å². The maximum absolute atomic E-state index is 11.6. The van der Waals surface area contributed by atoms with Crippen molar-refractivity contribution in [2.75, 3.05) is 0 Å². The van der Waals surface area contributed by atoms with Crippen molar-refractivity contribution >= 4 is 17.8 Å². The number of fused-ring (bicyclic) bond motifs is 2. The summed E-state index contributed by atoms with van der Waals surface area (Å²) in [5, 5.41) is 7.48. The van der Waals surface area contributed by atoms with Gasteiger partial charge in [-0.15, -0.1) is 0 Å². The highest BCUT2D eigenvalue weighted by Gasteiger charge is 2.40. The molecule has 20 heavy (non-hydrogen) atoms. The summed E-state index contributed by atoms with van der Waals surface area (Å²) in [5.41, 5.74) is 6.83. The number of primary amides is 1. The van der Waals surface area contributed by atoms with Crippen LogP contribution in [0.25, 0.3) is 0 Å². The number of rotatable bonds is 5. The molecule has 1 aromatic heterocycles. The summed E-state index contributed by atoms with van der Waals surface area (Å²) in [6.07, 6.45) is 7.82. The quantitative estimate of drug-likeness (QED) is 0.699. The first kappa shape index (κ1) is 13.1. The number of carbonyl (C=O) groups is 1. The number of aromatic nitrogens is 1. The van der Waals surface area contributed by atoms with E-state index >= 15 is 0 Å². The lowest BCUT2D eigenvalue weighted by Gasteiger charge is -2.20. The van der Waals surface area contributed by atoms with Crippen LogP contribution in [0.2, 0.25) is 0 Å². The number of amides is 1. The zero-order valence-electron chi connectivity index (χ0n) is 11.4. The largest absolute Gasteiger partial charge is 0.369 e. The fourth-order valence-corrected chi connectivity index (χ4v) is 3.65. The monoisotopic (exact) mass is 272 g/mol. The van der Waals surface area contributed by atoms with Gasteiger partial charge in [0.1, 0.15) is 5.92 Å². The van der Waals surface area contributed by atoms with Crippen molar-refractivity contribution in [3.63, 3.8) is 0 Å². The third-order valence-electron chi connectivity index (χ3n) is 4.65. The van der Waals surface area contributed by atoms with Gasteiger partial charge in [0.2, 0.25) is 5.91 Å². The van der Waals surface area contributed by atoms with E-state index in [2.05, 4.69) is 4.98 Å². The highest BCUT2D eigenvalue weighted by molar-refractivity contribution is 6.20. The van der Waals surface area contributed by atoms with E-state index in [0.717, 1.165) is 24.2 Å². The Balaban J connectivity index is 1.93. The molecule has 0 aliphatic heterocycles. The molecule has 106 valence electrons. The van der Waals surface area contributed by atoms with Crippen molar-refractivity contribution in [1.29, 1.82) is 5.41 Å².